The van der Waals surface area contributed by atoms with Gasteiger partial charge in [0.2, 0.25) is 5.91 Å². The number of benzene rings is 1. The normalized spacial score (nSPS) is 9.85. The number of ether oxygens (including phenoxy) is 1. The second-order valence-corrected chi connectivity index (χ2v) is 8.08. The Hall–Kier alpha value is -4.12. The summed E-state index contributed by atoms with van der Waals surface area (Å²) in [5.74, 6) is -0.976. The molecule has 0 spiro atoms. The number of nitrogens with zero attached hydrogens (tertiary/aromatic N) is 3. The lowest BCUT2D eigenvalue weighted by molar-refractivity contribution is -0.137. The first kappa shape index (κ1) is 26.1. The predicted octanol–water partition coefficient (Wildman–Crippen LogP) is 0.994. The summed E-state index contributed by atoms with van der Waals surface area (Å²) >= 11 is 1.04. The van der Waals surface area contributed by atoms with Crippen molar-refractivity contribution >= 4 is 46.1 Å². The van der Waals surface area contributed by atoms with Crippen LogP contribution in [0.5, 0.6) is 0 Å². The van der Waals surface area contributed by atoms with Gasteiger partial charge < -0.3 is 20.3 Å². The van der Waals surface area contributed by atoms with Gasteiger partial charge in [0.05, 0.1) is 6.54 Å². The van der Waals surface area contributed by atoms with Crippen LogP contribution in [-0.4, -0.2) is 48.6 Å². The summed E-state index contributed by atoms with van der Waals surface area (Å²) in [6.07, 6.45) is 2.86. The predicted molar refractivity (Wildman–Crippen MR) is 132 cm³/mol. The van der Waals surface area contributed by atoms with Gasteiger partial charge in [-0.1, -0.05) is 41.5 Å². The minimum absolute atomic E-state index is 0.0370. The summed E-state index contributed by atoms with van der Waals surface area (Å²) in [4.78, 5) is 38.4. The van der Waals surface area contributed by atoms with Gasteiger partial charge in [-0.25, -0.2) is 4.79 Å². The molecule has 2 aromatic rings. The van der Waals surface area contributed by atoms with Gasteiger partial charge in [-0.3, -0.25) is 14.2 Å². The van der Waals surface area contributed by atoms with Crippen LogP contribution < -0.4 is 25.4 Å². The molecule has 1 heterocycles. The number of hydrogen-bond acceptors (Lipinski definition) is 8. The van der Waals surface area contributed by atoms with Crippen LogP contribution in [0.4, 0.5) is 11.4 Å². The summed E-state index contributed by atoms with van der Waals surface area (Å²) in [7, 11) is 3.62. The van der Waals surface area contributed by atoms with E-state index >= 15 is 0 Å². The van der Waals surface area contributed by atoms with Gasteiger partial charge in [0, 0.05) is 24.1 Å². The molecule has 0 bridgehead atoms. The lowest BCUT2D eigenvalue weighted by Crippen LogP contribution is -2.30. The van der Waals surface area contributed by atoms with Gasteiger partial charge in [0.15, 0.2) is 5.57 Å². The highest BCUT2D eigenvalue weighted by atomic mass is 32.1. The van der Waals surface area contributed by atoms with Crippen molar-refractivity contribution in [2.24, 2.45) is 0 Å². The van der Waals surface area contributed by atoms with Gasteiger partial charge in [-0.2, -0.15) is 5.26 Å². The lowest BCUT2D eigenvalue weighted by Gasteiger charge is -2.10. The number of likely N-dealkylation sites (N-methyl/N-ethyl adjacent to an activating group) is 1. The molecule has 0 fully saturated rings. The number of hydrogen-bond donors (Lipinski definition) is 2. The number of carbonyl (C=O) groups excluding carboxylic acids is 2. The number of thiazole rings is 1. The first-order chi connectivity index (χ1) is 16.3. The molecule has 1 aromatic carbocycles. The number of anilines is 2. The van der Waals surface area contributed by atoms with E-state index in [1.54, 1.807) is 42.2 Å². The molecule has 0 unspecified atom stereocenters. The zero-order valence-electron chi connectivity index (χ0n) is 19.2. The second-order valence-electron chi connectivity index (χ2n) is 7.08. The van der Waals surface area contributed by atoms with E-state index in [0.717, 1.165) is 11.3 Å². The molecule has 0 saturated carbocycles. The van der Waals surface area contributed by atoms with Crippen LogP contribution in [-0.2, 0) is 20.9 Å². The second kappa shape index (κ2) is 12.8. The van der Waals surface area contributed by atoms with Crippen molar-refractivity contribution in [3.8, 4) is 6.07 Å². The molecular weight excluding hydrogens is 454 g/mol. The number of nitriles is 1. The summed E-state index contributed by atoms with van der Waals surface area (Å²) in [6.45, 7) is 5.77. The molecule has 34 heavy (non-hydrogen) atoms. The third kappa shape index (κ3) is 7.48. The van der Waals surface area contributed by atoms with Crippen molar-refractivity contribution < 1.29 is 14.3 Å². The number of rotatable bonds is 9. The maximum Gasteiger partial charge on any atom is 0.357 e. The standard InChI is InChI=1S/C24H25N5O4S/c1-5-12-33-24(32)17(15-25)13-22-29(6-2)23(31)20(34-22)10-11-26-18-8-7-9-19(14-18)27-21(30)16-28(3)4/h5,7-9,11,14,26H,1,6,12,16H2,2-4H3,(H,27,30). The Labute approximate surface area is 200 Å². The van der Waals surface area contributed by atoms with E-state index in [1.807, 2.05) is 14.1 Å². The zero-order chi connectivity index (χ0) is 25.1. The number of amides is 1. The van der Waals surface area contributed by atoms with Gasteiger partial charge in [0.1, 0.15) is 21.9 Å². The van der Waals surface area contributed by atoms with Gasteiger partial charge >= 0.3 is 5.97 Å². The highest BCUT2D eigenvalue weighted by Crippen LogP contribution is 2.14. The Balaban J connectivity index is 2.38. The molecule has 0 aliphatic carbocycles. The van der Waals surface area contributed by atoms with Crippen LogP contribution in [0.3, 0.4) is 0 Å². The Morgan fingerprint density at radius 2 is 2.06 bits per heavy atom. The van der Waals surface area contributed by atoms with Crippen LogP contribution in [0.1, 0.15) is 6.92 Å². The lowest BCUT2D eigenvalue weighted by atomic mass is 10.2. The first-order valence-electron chi connectivity index (χ1n) is 10.2. The van der Waals surface area contributed by atoms with Crippen LogP contribution in [0.15, 0.2) is 53.5 Å². The Morgan fingerprint density at radius 3 is 2.71 bits per heavy atom. The fourth-order valence-electron chi connectivity index (χ4n) is 2.68. The molecule has 0 atom stereocenters. The highest BCUT2D eigenvalue weighted by molar-refractivity contribution is 7.07. The number of nitrogens with one attached hydrogen (secondary N) is 2. The highest BCUT2D eigenvalue weighted by Gasteiger charge is 2.10. The number of esters is 1. The smallest absolute Gasteiger partial charge is 0.357 e. The molecular formula is C24H25N5O4S. The third-order valence-corrected chi connectivity index (χ3v) is 5.14. The van der Waals surface area contributed by atoms with Crippen molar-refractivity contribution in [2.75, 3.05) is 37.9 Å². The molecule has 1 amide bonds. The molecule has 0 aliphatic rings. The molecule has 9 nitrogen and oxygen atoms in total. The van der Waals surface area contributed by atoms with Crippen LogP contribution in [0.25, 0.3) is 11.5 Å². The third-order valence-electron chi connectivity index (χ3n) is 4.13. The van der Waals surface area contributed by atoms with Crippen LogP contribution in [0.2, 0.25) is 0 Å². The summed E-state index contributed by atoms with van der Waals surface area (Å²) in [5.41, 5.74) is 6.22. The minimum Gasteiger partial charge on any atom is -0.457 e. The first-order valence-corrected chi connectivity index (χ1v) is 11.1. The maximum absolute atomic E-state index is 12.7. The zero-order valence-corrected chi connectivity index (χ0v) is 20.0. The Bertz CT molecular complexity index is 1370. The number of carbonyl (C=O) groups is 2. The summed E-state index contributed by atoms with van der Waals surface area (Å²) in [6, 6.07) is 8.85. The van der Waals surface area contributed by atoms with Crippen molar-refractivity contribution in [2.45, 2.75) is 13.5 Å². The molecule has 176 valence electrons. The summed E-state index contributed by atoms with van der Waals surface area (Å²) in [5, 5.41) is 15.1. The van der Waals surface area contributed by atoms with Crippen molar-refractivity contribution in [3.05, 3.63) is 68.2 Å². The molecule has 0 radical (unpaired) electrons. The SMILES string of the molecule is C=CCOC(=O)C(=C=c1sc(=C=CNc2cccc(NC(=O)CN(C)C)c2)c(=O)n1CC)C#N. The molecule has 2 rings (SSSR count). The van der Waals surface area contributed by atoms with Crippen molar-refractivity contribution in [1.29, 1.82) is 5.26 Å². The van der Waals surface area contributed by atoms with E-state index in [-0.39, 0.29) is 34.7 Å². The van der Waals surface area contributed by atoms with E-state index in [9.17, 15) is 19.6 Å². The fraction of sp³-hybridized carbons (Fsp3) is 0.250. The minimum atomic E-state index is -0.841. The largest absolute Gasteiger partial charge is 0.457 e. The van der Waals surface area contributed by atoms with Gasteiger partial charge in [0.25, 0.3) is 5.56 Å². The molecule has 2 N–H and O–H groups in total. The molecule has 0 saturated heterocycles. The van der Waals surface area contributed by atoms with E-state index < -0.39 is 5.97 Å². The molecule has 1 aromatic heterocycles. The van der Waals surface area contributed by atoms with Crippen molar-refractivity contribution in [3.63, 3.8) is 0 Å². The average molecular weight is 480 g/mol. The Morgan fingerprint density at radius 1 is 1.32 bits per heavy atom. The number of aromatic nitrogens is 1. The van der Waals surface area contributed by atoms with E-state index in [0.29, 0.717) is 22.6 Å². The topological polar surface area (TPSA) is 116 Å². The fourth-order valence-corrected chi connectivity index (χ4v) is 3.66. The van der Waals surface area contributed by atoms with Crippen LogP contribution in [0, 0.1) is 11.3 Å². The monoisotopic (exact) mass is 479 g/mol. The maximum atomic E-state index is 12.7. The van der Waals surface area contributed by atoms with E-state index in [4.69, 9.17) is 4.74 Å². The quantitative estimate of drug-likeness (QED) is 0.238. The van der Waals surface area contributed by atoms with Gasteiger partial charge in [-0.05, 0) is 39.2 Å². The molecule has 10 heteroatoms. The van der Waals surface area contributed by atoms with Crippen molar-refractivity contribution in [1.82, 2.24) is 9.47 Å². The Kier molecular flexibility index (Phi) is 9.84. The van der Waals surface area contributed by atoms with E-state index in [2.05, 4.69) is 28.7 Å². The molecule has 0 aliphatic heterocycles. The average Bonchev–Trinajstić information content (AvgIpc) is 3.09. The summed E-state index contributed by atoms with van der Waals surface area (Å²) < 4.78 is 6.83. The van der Waals surface area contributed by atoms with E-state index in [1.165, 1.54) is 16.8 Å². The van der Waals surface area contributed by atoms with Gasteiger partial charge in [-0.15, -0.1) is 0 Å². The van der Waals surface area contributed by atoms with Crippen LogP contribution >= 0.6 is 11.3 Å².